The van der Waals surface area contributed by atoms with Gasteiger partial charge in [-0.15, -0.1) is 0 Å². The second kappa shape index (κ2) is 5.81. The van der Waals surface area contributed by atoms with Crippen LogP contribution in [0.3, 0.4) is 0 Å². The van der Waals surface area contributed by atoms with Gasteiger partial charge in [0.1, 0.15) is 11.8 Å². The van der Waals surface area contributed by atoms with E-state index in [4.69, 9.17) is 9.63 Å². The quantitative estimate of drug-likeness (QED) is 0.584. The topological polar surface area (TPSA) is 102 Å². The van der Waals surface area contributed by atoms with E-state index in [1.165, 1.54) is 6.33 Å². The first-order chi connectivity index (χ1) is 8.72. The summed E-state index contributed by atoms with van der Waals surface area (Å²) in [4.78, 5) is 21.0. The minimum absolute atomic E-state index is 0.154. The molecule has 2 rings (SSSR count). The standard InChI is InChI=1S/C9H12N5O3P/c1-10-8-7-9(12-4-11-8)14(5-13-7)2-3-17-6-18(15)16/h4-5H,2-3,6H2,1H3,(H-,10,11,12,15,16)/p+1. The third-order valence-electron chi connectivity index (χ3n) is 2.32. The van der Waals surface area contributed by atoms with Crippen molar-refractivity contribution < 1.29 is 14.2 Å². The number of nitrogens with one attached hydrogen (secondary N) is 1. The Bertz CT molecular complexity index is 558. The monoisotopic (exact) mass is 270 g/mol. The number of nitrogens with zero attached hydrogens (tertiary/aromatic N) is 4. The Morgan fingerprint density at radius 1 is 1.50 bits per heavy atom. The van der Waals surface area contributed by atoms with Gasteiger partial charge in [0.05, 0.1) is 12.9 Å². The average molecular weight is 270 g/mol. The second-order valence-corrected chi connectivity index (χ2v) is 4.43. The zero-order chi connectivity index (χ0) is 13.0. The smallest absolute Gasteiger partial charge is 0.371 e. The zero-order valence-corrected chi connectivity index (χ0v) is 10.7. The van der Waals surface area contributed by atoms with Gasteiger partial charge in [-0.05, 0) is 4.57 Å². The van der Waals surface area contributed by atoms with Crippen LogP contribution < -0.4 is 5.32 Å². The maximum atomic E-state index is 10.4. The first kappa shape index (κ1) is 12.8. The lowest BCUT2D eigenvalue weighted by Crippen LogP contribution is -2.05. The maximum absolute atomic E-state index is 10.4. The molecule has 96 valence electrons. The summed E-state index contributed by atoms with van der Waals surface area (Å²) in [5, 5.41) is 2.94. The van der Waals surface area contributed by atoms with Crippen LogP contribution in [0.5, 0.6) is 0 Å². The molecule has 0 radical (unpaired) electrons. The summed E-state index contributed by atoms with van der Waals surface area (Å²) < 4.78 is 17.3. The van der Waals surface area contributed by atoms with Gasteiger partial charge in [0.15, 0.2) is 11.5 Å². The van der Waals surface area contributed by atoms with Gasteiger partial charge in [0.25, 0.3) is 6.35 Å². The fourth-order valence-corrected chi connectivity index (χ4v) is 1.82. The molecule has 0 saturated heterocycles. The predicted molar refractivity (Wildman–Crippen MR) is 65.5 cm³/mol. The number of ether oxygens (including phenoxy) is 1. The fourth-order valence-electron chi connectivity index (χ4n) is 1.53. The predicted octanol–water partition coefficient (Wildman–Crippen LogP) is 0.577. The molecule has 8 nitrogen and oxygen atoms in total. The minimum atomic E-state index is -2.24. The molecule has 0 aliphatic heterocycles. The van der Waals surface area contributed by atoms with Crippen molar-refractivity contribution in [2.24, 2.45) is 0 Å². The van der Waals surface area contributed by atoms with Gasteiger partial charge in [0, 0.05) is 13.6 Å². The number of imidazole rings is 1. The summed E-state index contributed by atoms with van der Waals surface area (Å²) in [6.07, 6.45) is 2.94. The Morgan fingerprint density at radius 3 is 3.06 bits per heavy atom. The van der Waals surface area contributed by atoms with E-state index in [1.807, 2.05) is 4.57 Å². The lowest BCUT2D eigenvalue weighted by atomic mass is 10.5. The van der Waals surface area contributed by atoms with Crippen LogP contribution in [-0.2, 0) is 15.8 Å². The van der Waals surface area contributed by atoms with Crippen LogP contribution in [0.4, 0.5) is 5.82 Å². The molecular weight excluding hydrogens is 257 g/mol. The third kappa shape index (κ3) is 2.79. The van der Waals surface area contributed by atoms with Crippen LogP contribution in [0.25, 0.3) is 11.2 Å². The van der Waals surface area contributed by atoms with Crippen LogP contribution in [0.1, 0.15) is 0 Å². The first-order valence-electron chi connectivity index (χ1n) is 5.27. The van der Waals surface area contributed by atoms with Crippen molar-refractivity contribution in [3.63, 3.8) is 0 Å². The van der Waals surface area contributed by atoms with E-state index >= 15 is 0 Å². The largest absolute Gasteiger partial charge is 0.534 e. The minimum Gasteiger partial charge on any atom is -0.371 e. The Kier molecular flexibility index (Phi) is 4.14. The van der Waals surface area contributed by atoms with Crippen molar-refractivity contribution in [3.05, 3.63) is 12.7 Å². The molecule has 2 N–H and O–H groups in total. The van der Waals surface area contributed by atoms with Gasteiger partial charge in [-0.2, -0.15) is 4.89 Å². The summed E-state index contributed by atoms with van der Waals surface area (Å²) in [7, 11) is -0.479. The van der Waals surface area contributed by atoms with E-state index in [-0.39, 0.29) is 6.35 Å². The molecule has 9 heteroatoms. The van der Waals surface area contributed by atoms with Gasteiger partial charge in [0.2, 0.25) is 0 Å². The van der Waals surface area contributed by atoms with Crippen LogP contribution in [-0.4, -0.2) is 44.4 Å². The van der Waals surface area contributed by atoms with Crippen LogP contribution in [0.2, 0.25) is 0 Å². The van der Waals surface area contributed by atoms with Gasteiger partial charge < -0.3 is 14.6 Å². The van der Waals surface area contributed by atoms with E-state index in [1.54, 1.807) is 13.4 Å². The van der Waals surface area contributed by atoms with E-state index in [9.17, 15) is 4.57 Å². The summed E-state index contributed by atoms with van der Waals surface area (Å²) in [6.45, 7) is 0.839. The second-order valence-electron chi connectivity index (χ2n) is 3.47. The molecule has 0 aliphatic rings. The van der Waals surface area contributed by atoms with E-state index in [0.29, 0.717) is 30.1 Å². The highest BCUT2D eigenvalue weighted by molar-refractivity contribution is 7.37. The Morgan fingerprint density at radius 2 is 2.33 bits per heavy atom. The first-order valence-corrected chi connectivity index (χ1v) is 6.67. The molecule has 0 aliphatic carbocycles. The van der Waals surface area contributed by atoms with E-state index in [0.717, 1.165) is 0 Å². The highest BCUT2D eigenvalue weighted by Gasteiger charge is 2.11. The molecular formula is C9H13N5O3P+. The van der Waals surface area contributed by atoms with Gasteiger partial charge >= 0.3 is 8.03 Å². The SMILES string of the molecule is CNc1ncnc2c1ncn2CCOC[P+](=O)O. The number of hydrogen-bond acceptors (Lipinski definition) is 6. The number of fused-ring (bicyclic) bond motifs is 1. The molecule has 0 spiro atoms. The van der Waals surface area contributed by atoms with Crippen molar-refractivity contribution in [2.45, 2.75) is 6.54 Å². The average Bonchev–Trinajstić information content (AvgIpc) is 2.77. The zero-order valence-electron chi connectivity index (χ0n) is 9.78. The van der Waals surface area contributed by atoms with Crippen LogP contribution in [0.15, 0.2) is 12.7 Å². The van der Waals surface area contributed by atoms with Crippen molar-refractivity contribution in [1.29, 1.82) is 0 Å². The Balaban J connectivity index is 2.07. The molecule has 0 saturated carbocycles. The van der Waals surface area contributed by atoms with Crippen molar-refractivity contribution in [2.75, 3.05) is 25.3 Å². The van der Waals surface area contributed by atoms with Crippen LogP contribution in [0, 0.1) is 0 Å². The normalized spacial score (nSPS) is 11.8. The van der Waals surface area contributed by atoms with Gasteiger partial charge in [-0.25, -0.2) is 15.0 Å². The lowest BCUT2D eigenvalue weighted by molar-refractivity contribution is 0.163. The number of aromatic nitrogens is 4. The molecule has 0 aromatic carbocycles. The third-order valence-corrected chi connectivity index (χ3v) is 2.72. The molecule has 1 atom stereocenters. The fraction of sp³-hybridized carbons (Fsp3) is 0.444. The van der Waals surface area contributed by atoms with Crippen molar-refractivity contribution in [3.8, 4) is 0 Å². The van der Waals surface area contributed by atoms with E-state index in [2.05, 4.69) is 20.3 Å². The molecule has 2 aromatic rings. The Hall–Kier alpha value is -1.63. The molecule has 2 heterocycles. The molecule has 1 unspecified atom stereocenters. The molecule has 0 bridgehead atoms. The molecule has 0 fully saturated rings. The summed E-state index contributed by atoms with van der Waals surface area (Å²) in [5.74, 6) is 0.665. The lowest BCUT2D eigenvalue weighted by Gasteiger charge is -2.03. The Labute approximate surface area is 104 Å². The van der Waals surface area contributed by atoms with Crippen molar-refractivity contribution >= 4 is 25.0 Å². The maximum Gasteiger partial charge on any atom is 0.534 e. The van der Waals surface area contributed by atoms with E-state index < -0.39 is 8.03 Å². The van der Waals surface area contributed by atoms with Gasteiger partial charge in [-0.1, -0.05) is 0 Å². The number of rotatable bonds is 6. The van der Waals surface area contributed by atoms with Crippen molar-refractivity contribution in [1.82, 2.24) is 19.5 Å². The summed E-state index contributed by atoms with van der Waals surface area (Å²) in [6, 6.07) is 0. The van der Waals surface area contributed by atoms with Gasteiger partial charge in [-0.3, -0.25) is 0 Å². The summed E-state index contributed by atoms with van der Waals surface area (Å²) in [5.41, 5.74) is 1.39. The summed E-state index contributed by atoms with van der Waals surface area (Å²) >= 11 is 0. The highest BCUT2D eigenvalue weighted by atomic mass is 31.1. The number of hydrogen-bond donors (Lipinski definition) is 2. The number of anilines is 1. The molecule has 0 amide bonds. The van der Waals surface area contributed by atoms with Crippen LogP contribution >= 0.6 is 8.03 Å². The molecule has 18 heavy (non-hydrogen) atoms. The molecule has 2 aromatic heterocycles. The highest BCUT2D eigenvalue weighted by Crippen LogP contribution is 2.16.